The highest BCUT2D eigenvalue weighted by molar-refractivity contribution is 6.30. The van der Waals surface area contributed by atoms with Gasteiger partial charge >= 0.3 is 5.97 Å². The Kier molecular flexibility index (Phi) is 5.00. The molecule has 0 spiro atoms. The molecule has 0 aliphatic rings. The van der Waals surface area contributed by atoms with E-state index in [1.807, 2.05) is 49.4 Å². The molecule has 3 aromatic rings. The number of carboxylic acid groups (broad SMARTS) is 1. The Bertz CT molecular complexity index is 913. The summed E-state index contributed by atoms with van der Waals surface area (Å²) in [5, 5.41) is 10.9. The molecule has 0 atom stereocenters. The van der Waals surface area contributed by atoms with Gasteiger partial charge in [-0.15, -0.1) is 0 Å². The van der Waals surface area contributed by atoms with Crippen LogP contribution in [0.25, 0.3) is 10.9 Å². The lowest BCUT2D eigenvalue weighted by Crippen LogP contribution is -2.07. The van der Waals surface area contributed by atoms with Crippen molar-refractivity contribution in [2.24, 2.45) is 0 Å². The van der Waals surface area contributed by atoms with E-state index in [1.54, 1.807) is 7.11 Å². The molecule has 0 radical (unpaired) electrons. The Labute approximate surface area is 151 Å². The molecule has 0 aliphatic carbocycles. The van der Waals surface area contributed by atoms with Crippen LogP contribution in [0, 0.1) is 6.92 Å². The monoisotopic (exact) mass is 357 g/mol. The minimum atomic E-state index is -0.791. The van der Waals surface area contributed by atoms with Crippen molar-refractivity contribution in [2.75, 3.05) is 7.11 Å². The Balaban J connectivity index is 2.10. The standard InChI is InChI=1S/C20H20ClNO3/c1-13-17-11-16(25-2)7-8-19(17)22(18(13)9-10-20(23)24)12-14-3-5-15(21)6-4-14/h3-8,11H,9-10,12H2,1-2H3,(H,23,24). The SMILES string of the molecule is COc1ccc2c(c1)c(C)c(CCC(=O)O)n2Cc1ccc(Cl)cc1. The van der Waals surface area contributed by atoms with Crippen molar-refractivity contribution in [2.45, 2.75) is 26.3 Å². The number of nitrogens with zero attached hydrogens (tertiary/aromatic N) is 1. The third-order valence-electron chi connectivity index (χ3n) is 4.49. The number of carbonyl (C=O) groups is 1. The molecule has 25 heavy (non-hydrogen) atoms. The number of ether oxygens (including phenoxy) is 1. The van der Waals surface area contributed by atoms with E-state index in [4.69, 9.17) is 21.4 Å². The van der Waals surface area contributed by atoms with Gasteiger partial charge < -0.3 is 14.4 Å². The molecule has 0 aliphatic heterocycles. The summed E-state index contributed by atoms with van der Waals surface area (Å²) in [6, 6.07) is 13.7. The summed E-state index contributed by atoms with van der Waals surface area (Å²) in [4.78, 5) is 11.1. The predicted octanol–water partition coefficient (Wildman–Crippen LogP) is 4.68. The summed E-state index contributed by atoms with van der Waals surface area (Å²) in [5.74, 6) is 0.00399. The zero-order valence-electron chi connectivity index (χ0n) is 14.3. The zero-order chi connectivity index (χ0) is 18.0. The molecular formula is C20H20ClNO3. The Morgan fingerprint density at radius 3 is 2.56 bits per heavy atom. The summed E-state index contributed by atoms with van der Waals surface area (Å²) < 4.78 is 7.53. The van der Waals surface area contributed by atoms with Crippen LogP contribution in [0.2, 0.25) is 5.02 Å². The second-order valence-electron chi connectivity index (χ2n) is 6.06. The molecule has 1 aromatic heterocycles. The number of hydrogen-bond acceptors (Lipinski definition) is 2. The van der Waals surface area contributed by atoms with Crippen LogP contribution in [-0.2, 0) is 17.8 Å². The second kappa shape index (κ2) is 7.19. The van der Waals surface area contributed by atoms with Gasteiger partial charge in [0, 0.05) is 28.2 Å². The van der Waals surface area contributed by atoms with Crippen molar-refractivity contribution >= 4 is 28.5 Å². The van der Waals surface area contributed by atoms with Crippen LogP contribution < -0.4 is 4.74 Å². The highest BCUT2D eigenvalue weighted by atomic mass is 35.5. The van der Waals surface area contributed by atoms with Crippen molar-refractivity contribution in [1.29, 1.82) is 0 Å². The van der Waals surface area contributed by atoms with Crippen LogP contribution in [0.4, 0.5) is 0 Å². The largest absolute Gasteiger partial charge is 0.497 e. The van der Waals surface area contributed by atoms with Gasteiger partial charge in [-0.1, -0.05) is 23.7 Å². The number of methoxy groups -OCH3 is 1. The van der Waals surface area contributed by atoms with Gasteiger partial charge in [0.05, 0.1) is 13.5 Å². The Morgan fingerprint density at radius 1 is 1.20 bits per heavy atom. The van der Waals surface area contributed by atoms with Gasteiger partial charge in [-0.05, 0) is 54.8 Å². The van der Waals surface area contributed by atoms with Crippen molar-refractivity contribution in [1.82, 2.24) is 4.57 Å². The van der Waals surface area contributed by atoms with E-state index >= 15 is 0 Å². The van der Waals surface area contributed by atoms with Gasteiger partial charge in [0.1, 0.15) is 5.75 Å². The van der Waals surface area contributed by atoms with E-state index in [0.29, 0.717) is 18.0 Å². The second-order valence-corrected chi connectivity index (χ2v) is 6.50. The summed E-state index contributed by atoms with van der Waals surface area (Å²) >= 11 is 5.98. The van der Waals surface area contributed by atoms with Crippen LogP contribution in [0.15, 0.2) is 42.5 Å². The van der Waals surface area contributed by atoms with E-state index in [2.05, 4.69) is 4.57 Å². The van der Waals surface area contributed by atoms with Gasteiger partial charge in [-0.3, -0.25) is 4.79 Å². The lowest BCUT2D eigenvalue weighted by molar-refractivity contribution is -0.136. The maximum absolute atomic E-state index is 11.1. The molecule has 0 bridgehead atoms. The predicted molar refractivity (Wildman–Crippen MR) is 99.7 cm³/mol. The minimum absolute atomic E-state index is 0.106. The number of halogens is 1. The Morgan fingerprint density at radius 2 is 1.92 bits per heavy atom. The van der Waals surface area contributed by atoms with Crippen molar-refractivity contribution < 1.29 is 14.6 Å². The number of aromatic nitrogens is 1. The van der Waals surface area contributed by atoms with Crippen LogP contribution in [-0.4, -0.2) is 22.8 Å². The van der Waals surface area contributed by atoms with Gasteiger partial charge in [-0.25, -0.2) is 0 Å². The van der Waals surface area contributed by atoms with Crippen LogP contribution >= 0.6 is 11.6 Å². The number of carboxylic acids is 1. The van der Waals surface area contributed by atoms with E-state index in [-0.39, 0.29) is 6.42 Å². The number of rotatable bonds is 6. The quantitative estimate of drug-likeness (QED) is 0.697. The zero-order valence-corrected chi connectivity index (χ0v) is 15.0. The topological polar surface area (TPSA) is 51.5 Å². The first-order chi connectivity index (χ1) is 12.0. The average molecular weight is 358 g/mol. The fraction of sp³-hybridized carbons (Fsp3) is 0.250. The van der Waals surface area contributed by atoms with Crippen LogP contribution in [0.1, 0.15) is 23.2 Å². The Hall–Kier alpha value is -2.46. The van der Waals surface area contributed by atoms with Gasteiger partial charge in [-0.2, -0.15) is 0 Å². The molecule has 1 heterocycles. The molecule has 0 amide bonds. The van der Waals surface area contributed by atoms with E-state index in [0.717, 1.165) is 33.5 Å². The molecular weight excluding hydrogens is 338 g/mol. The fourth-order valence-electron chi connectivity index (χ4n) is 3.18. The van der Waals surface area contributed by atoms with Crippen molar-refractivity contribution in [3.63, 3.8) is 0 Å². The maximum atomic E-state index is 11.1. The molecule has 2 aromatic carbocycles. The normalized spacial score (nSPS) is 11.0. The first-order valence-electron chi connectivity index (χ1n) is 8.11. The molecule has 0 saturated heterocycles. The average Bonchev–Trinajstić information content (AvgIpc) is 2.86. The number of benzene rings is 2. The molecule has 4 nitrogen and oxygen atoms in total. The number of aliphatic carboxylic acids is 1. The number of aryl methyl sites for hydroxylation is 1. The molecule has 1 N–H and O–H groups in total. The van der Waals surface area contributed by atoms with Gasteiger partial charge in [0.2, 0.25) is 0 Å². The summed E-state index contributed by atoms with van der Waals surface area (Å²) in [7, 11) is 1.65. The molecule has 3 rings (SSSR count). The number of hydrogen-bond donors (Lipinski definition) is 1. The van der Waals surface area contributed by atoms with Crippen molar-refractivity contribution in [3.05, 3.63) is 64.3 Å². The van der Waals surface area contributed by atoms with Crippen LogP contribution in [0.5, 0.6) is 5.75 Å². The summed E-state index contributed by atoms with van der Waals surface area (Å²) in [6.07, 6.45) is 0.598. The van der Waals surface area contributed by atoms with Gasteiger partial charge in [0.15, 0.2) is 0 Å². The molecule has 130 valence electrons. The lowest BCUT2D eigenvalue weighted by Gasteiger charge is -2.12. The van der Waals surface area contributed by atoms with Gasteiger partial charge in [0.25, 0.3) is 0 Å². The molecule has 0 saturated carbocycles. The van der Waals surface area contributed by atoms with E-state index < -0.39 is 5.97 Å². The van der Waals surface area contributed by atoms with E-state index in [1.165, 1.54) is 0 Å². The lowest BCUT2D eigenvalue weighted by atomic mass is 10.1. The molecule has 5 heteroatoms. The van der Waals surface area contributed by atoms with Crippen molar-refractivity contribution in [3.8, 4) is 5.75 Å². The highest BCUT2D eigenvalue weighted by Gasteiger charge is 2.16. The smallest absolute Gasteiger partial charge is 0.303 e. The maximum Gasteiger partial charge on any atom is 0.303 e. The van der Waals surface area contributed by atoms with E-state index in [9.17, 15) is 4.79 Å². The first-order valence-corrected chi connectivity index (χ1v) is 8.49. The molecule has 0 unspecified atom stereocenters. The summed E-state index contributed by atoms with van der Waals surface area (Å²) in [6.45, 7) is 2.71. The van der Waals surface area contributed by atoms with Crippen LogP contribution in [0.3, 0.4) is 0 Å². The third kappa shape index (κ3) is 3.64. The fourth-order valence-corrected chi connectivity index (χ4v) is 3.31. The summed E-state index contributed by atoms with van der Waals surface area (Å²) in [5.41, 5.74) is 4.34. The molecule has 0 fully saturated rings. The highest BCUT2D eigenvalue weighted by Crippen LogP contribution is 2.30. The third-order valence-corrected chi connectivity index (χ3v) is 4.74. The minimum Gasteiger partial charge on any atom is -0.497 e. The first kappa shape index (κ1) is 17.4. The number of fused-ring (bicyclic) bond motifs is 1.